The van der Waals surface area contributed by atoms with Gasteiger partial charge in [0, 0.05) is 18.7 Å². The lowest BCUT2D eigenvalue weighted by atomic mass is 10.1. The number of rotatable bonds is 4. The molecule has 1 aliphatic rings. The van der Waals surface area contributed by atoms with Gasteiger partial charge in [0.05, 0.1) is 25.2 Å². The van der Waals surface area contributed by atoms with E-state index in [1.807, 2.05) is 6.92 Å². The zero-order valence-electron chi connectivity index (χ0n) is 15.8. The first-order chi connectivity index (χ1) is 13.6. The lowest BCUT2D eigenvalue weighted by molar-refractivity contribution is 0.0531. The lowest BCUT2D eigenvalue weighted by Crippen LogP contribution is -2.37. The summed E-state index contributed by atoms with van der Waals surface area (Å²) in [6.45, 7) is 6.76. The molecule has 0 spiro atoms. The predicted molar refractivity (Wildman–Crippen MR) is 108 cm³/mol. The molecular weight excluding hydrogens is 378 g/mol. The number of aromatic hydroxyl groups is 1. The van der Waals surface area contributed by atoms with Crippen LogP contribution in [0.3, 0.4) is 0 Å². The highest BCUT2D eigenvalue weighted by Gasteiger charge is 2.25. The molecule has 0 bridgehead atoms. The van der Waals surface area contributed by atoms with Crippen LogP contribution in [0.2, 0.25) is 0 Å². The summed E-state index contributed by atoms with van der Waals surface area (Å²) in [5.74, 6) is 1.23. The summed E-state index contributed by atoms with van der Waals surface area (Å²) in [5, 5.41) is 10.5. The Morgan fingerprint density at radius 2 is 1.96 bits per heavy atom. The maximum absolute atomic E-state index is 12.4. The van der Waals surface area contributed by atoms with E-state index in [0.717, 1.165) is 40.3 Å². The van der Waals surface area contributed by atoms with E-state index in [-0.39, 0.29) is 11.7 Å². The third-order valence-electron chi connectivity index (χ3n) is 4.67. The van der Waals surface area contributed by atoms with Gasteiger partial charge in [-0.2, -0.15) is 0 Å². The number of esters is 1. The van der Waals surface area contributed by atoms with Crippen molar-refractivity contribution in [2.45, 2.75) is 13.8 Å². The van der Waals surface area contributed by atoms with Crippen molar-refractivity contribution in [3.05, 3.63) is 34.7 Å². The molecular formula is C20H21N3O4S. The number of ether oxygens (including phenoxy) is 2. The molecule has 146 valence electrons. The Hall–Kier alpha value is -2.71. The molecule has 1 fully saturated rings. The van der Waals surface area contributed by atoms with E-state index in [0.29, 0.717) is 30.5 Å². The molecule has 1 aromatic carbocycles. The zero-order valence-corrected chi connectivity index (χ0v) is 16.6. The van der Waals surface area contributed by atoms with Crippen molar-refractivity contribution in [2.75, 3.05) is 37.8 Å². The molecule has 0 aliphatic carbocycles. The average Bonchev–Trinajstić information content (AvgIpc) is 3.05. The van der Waals surface area contributed by atoms with Crippen LogP contribution >= 0.6 is 11.3 Å². The van der Waals surface area contributed by atoms with Gasteiger partial charge in [0.1, 0.15) is 21.3 Å². The molecule has 4 rings (SSSR count). The van der Waals surface area contributed by atoms with Gasteiger partial charge in [-0.15, -0.1) is 11.3 Å². The molecule has 2 aromatic heterocycles. The topological polar surface area (TPSA) is 84.8 Å². The van der Waals surface area contributed by atoms with Crippen molar-refractivity contribution in [3.8, 4) is 17.1 Å². The van der Waals surface area contributed by atoms with Crippen molar-refractivity contribution < 1.29 is 19.4 Å². The standard InChI is InChI=1S/C20H21N3O4S/c1-3-27-20(25)16-12(2)15-18(23-8-10-26-11-9-23)21-17(22-19(15)28-16)13-4-6-14(24)7-5-13/h4-7,24H,3,8-11H2,1-2H3. The summed E-state index contributed by atoms with van der Waals surface area (Å²) >= 11 is 1.33. The van der Waals surface area contributed by atoms with Crippen LogP contribution in [0, 0.1) is 6.92 Å². The lowest BCUT2D eigenvalue weighted by Gasteiger charge is -2.28. The molecule has 0 amide bonds. The number of morpholine rings is 1. The highest BCUT2D eigenvalue weighted by atomic mass is 32.1. The SMILES string of the molecule is CCOC(=O)c1sc2nc(-c3ccc(O)cc3)nc(N3CCOCC3)c2c1C. The molecule has 7 nitrogen and oxygen atoms in total. The quantitative estimate of drug-likeness (QED) is 0.673. The van der Waals surface area contributed by atoms with Gasteiger partial charge in [-0.1, -0.05) is 0 Å². The monoisotopic (exact) mass is 399 g/mol. The Morgan fingerprint density at radius 1 is 1.25 bits per heavy atom. The number of aromatic nitrogens is 2. The number of carbonyl (C=O) groups excluding carboxylic acids is 1. The van der Waals surface area contributed by atoms with Crippen LogP contribution in [-0.2, 0) is 9.47 Å². The number of fused-ring (bicyclic) bond motifs is 1. The third kappa shape index (κ3) is 3.41. The van der Waals surface area contributed by atoms with E-state index >= 15 is 0 Å². The van der Waals surface area contributed by atoms with Crippen LogP contribution in [0.4, 0.5) is 5.82 Å². The minimum absolute atomic E-state index is 0.190. The van der Waals surface area contributed by atoms with E-state index in [2.05, 4.69) is 4.90 Å². The van der Waals surface area contributed by atoms with E-state index in [4.69, 9.17) is 19.4 Å². The molecule has 0 saturated carbocycles. The van der Waals surface area contributed by atoms with Crippen LogP contribution in [0.25, 0.3) is 21.6 Å². The molecule has 28 heavy (non-hydrogen) atoms. The number of hydrogen-bond acceptors (Lipinski definition) is 8. The summed E-state index contributed by atoms with van der Waals surface area (Å²) in [7, 11) is 0. The first-order valence-corrected chi connectivity index (χ1v) is 10.0. The van der Waals surface area contributed by atoms with Crippen molar-refractivity contribution in [2.24, 2.45) is 0 Å². The van der Waals surface area contributed by atoms with E-state index in [1.165, 1.54) is 11.3 Å². The van der Waals surface area contributed by atoms with Gasteiger partial charge in [0.25, 0.3) is 0 Å². The summed E-state index contributed by atoms with van der Waals surface area (Å²) in [5.41, 5.74) is 1.65. The second-order valence-electron chi connectivity index (χ2n) is 6.47. The third-order valence-corrected chi connectivity index (χ3v) is 5.83. The number of phenols is 1. The number of thiophene rings is 1. The maximum atomic E-state index is 12.4. The first-order valence-electron chi connectivity index (χ1n) is 9.19. The molecule has 0 unspecified atom stereocenters. The molecule has 3 heterocycles. The molecule has 0 radical (unpaired) electrons. The first kappa shape index (κ1) is 18.6. The fourth-order valence-corrected chi connectivity index (χ4v) is 4.32. The summed E-state index contributed by atoms with van der Waals surface area (Å²) < 4.78 is 10.7. The van der Waals surface area contributed by atoms with Gasteiger partial charge in [0.2, 0.25) is 0 Å². The van der Waals surface area contributed by atoms with Crippen molar-refractivity contribution in [3.63, 3.8) is 0 Å². The molecule has 1 N–H and O–H groups in total. The molecule has 3 aromatic rings. The smallest absolute Gasteiger partial charge is 0.348 e. The molecule has 1 aliphatic heterocycles. The Morgan fingerprint density at radius 3 is 2.64 bits per heavy atom. The van der Waals surface area contributed by atoms with Gasteiger partial charge in [-0.3, -0.25) is 0 Å². The van der Waals surface area contributed by atoms with Crippen molar-refractivity contribution >= 4 is 33.3 Å². The Balaban J connectivity index is 1.90. The number of hydrogen-bond donors (Lipinski definition) is 1. The second kappa shape index (κ2) is 7.73. The molecule has 8 heteroatoms. The minimum Gasteiger partial charge on any atom is -0.508 e. The van der Waals surface area contributed by atoms with Crippen LogP contribution in [0.5, 0.6) is 5.75 Å². The molecule has 1 saturated heterocycles. The van der Waals surface area contributed by atoms with Crippen molar-refractivity contribution in [1.82, 2.24) is 9.97 Å². The molecule has 0 atom stereocenters. The number of nitrogens with zero attached hydrogens (tertiary/aromatic N) is 3. The number of aryl methyl sites for hydroxylation is 1. The fraction of sp³-hybridized carbons (Fsp3) is 0.350. The van der Waals surface area contributed by atoms with Gasteiger partial charge in [-0.25, -0.2) is 14.8 Å². The van der Waals surface area contributed by atoms with Crippen LogP contribution in [0.15, 0.2) is 24.3 Å². The van der Waals surface area contributed by atoms with Crippen LogP contribution < -0.4 is 4.90 Å². The summed E-state index contributed by atoms with van der Waals surface area (Å²) in [4.78, 5) is 25.4. The predicted octanol–water partition coefficient (Wildman–Crippen LogP) is 3.39. The van der Waals surface area contributed by atoms with Gasteiger partial charge in [-0.05, 0) is 43.7 Å². The normalized spacial score (nSPS) is 14.4. The number of anilines is 1. The van der Waals surface area contributed by atoms with Crippen molar-refractivity contribution in [1.29, 1.82) is 0 Å². The number of phenolic OH excluding ortho intramolecular Hbond substituents is 1. The fourth-order valence-electron chi connectivity index (χ4n) is 3.25. The highest BCUT2D eigenvalue weighted by molar-refractivity contribution is 7.20. The Labute approximate surface area is 166 Å². The maximum Gasteiger partial charge on any atom is 0.348 e. The average molecular weight is 399 g/mol. The number of carbonyl (C=O) groups is 1. The van der Waals surface area contributed by atoms with Gasteiger partial charge >= 0.3 is 5.97 Å². The van der Waals surface area contributed by atoms with Gasteiger partial charge in [0.15, 0.2) is 5.82 Å². The zero-order chi connectivity index (χ0) is 19.7. The second-order valence-corrected chi connectivity index (χ2v) is 7.47. The summed E-state index contributed by atoms with van der Waals surface area (Å²) in [6.07, 6.45) is 0. The van der Waals surface area contributed by atoms with E-state index in [1.54, 1.807) is 31.2 Å². The Bertz CT molecular complexity index is 1010. The van der Waals surface area contributed by atoms with E-state index < -0.39 is 0 Å². The highest BCUT2D eigenvalue weighted by Crippen LogP contribution is 2.37. The minimum atomic E-state index is -0.331. The van der Waals surface area contributed by atoms with Crippen LogP contribution in [-0.4, -0.2) is 54.0 Å². The van der Waals surface area contributed by atoms with Crippen LogP contribution in [0.1, 0.15) is 22.2 Å². The van der Waals surface area contributed by atoms with E-state index in [9.17, 15) is 9.90 Å². The summed E-state index contributed by atoms with van der Waals surface area (Å²) in [6, 6.07) is 6.79. The van der Waals surface area contributed by atoms with Gasteiger partial charge < -0.3 is 19.5 Å². The largest absolute Gasteiger partial charge is 0.508 e. The number of benzene rings is 1. The Kier molecular flexibility index (Phi) is 5.15.